The van der Waals surface area contributed by atoms with Crippen molar-refractivity contribution in [1.29, 1.82) is 0 Å². The topological polar surface area (TPSA) is 139 Å². The largest absolute Gasteiger partial charge is 0.573 e. The highest BCUT2D eigenvalue weighted by molar-refractivity contribution is 7.92. The molecule has 0 aliphatic heterocycles. The van der Waals surface area contributed by atoms with Crippen LogP contribution in [-0.2, 0) is 10.0 Å². The Bertz CT molecular complexity index is 1360. The molecule has 0 bridgehead atoms. The number of hydrogen-bond donors (Lipinski definition) is 3. The van der Waals surface area contributed by atoms with Gasteiger partial charge in [-0.15, -0.1) is 13.2 Å². The second-order valence-electron chi connectivity index (χ2n) is 6.56. The minimum atomic E-state index is -4.94. The van der Waals surface area contributed by atoms with E-state index in [-0.39, 0.29) is 34.2 Å². The minimum absolute atomic E-state index is 0.0268. The number of aromatic amines is 1. The number of ether oxygens (including phenoxy) is 2. The molecular weight excluding hydrogens is 481 g/mol. The van der Waals surface area contributed by atoms with Gasteiger partial charge in [0, 0.05) is 23.9 Å². The van der Waals surface area contributed by atoms with Gasteiger partial charge in [-0.2, -0.15) is 5.10 Å². The Labute approximate surface area is 190 Å². The Hall–Kier alpha value is -4.07. The van der Waals surface area contributed by atoms with Gasteiger partial charge in [-0.3, -0.25) is 14.3 Å². The molecule has 3 N–H and O–H groups in total. The van der Waals surface area contributed by atoms with E-state index in [4.69, 9.17) is 4.74 Å². The number of alkyl halides is 3. The first-order valence-corrected chi connectivity index (χ1v) is 11.0. The van der Waals surface area contributed by atoms with Gasteiger partial charge in [-0.05, 0) is 31.2 Å². The molecule has 3 rings (SSSR count). The minimum Gasteiger partial charge on any atom is -0.492 e. The smallest absolute Gasteiger partial charge is 0.492 e. The van der Waals surface area contributed by atoms with Crippen molar-refractivity contribution in [3.63, 3.8) is 0 Å². The molecule has 1 heterocycles. The molecule has 0 aliphatic rings. The van der Waals surface area contributed by atoms with Crippen LogP contribution in [0.5, 0.6) is 11.5 Å². The SMILES string of the molecule is CCOc1cc(NC(=O)c2cn[nH]c(=O)c2)ccc1S(=O)(=O)Nc1cccc(OC(F)(F)F)c1. The Morgan fingerprint density at radius 2 is 1.88 bits per heavy atom. The summed E-state index contributed by atoms with van der Waals surface area (Å²) in [5.41, 5.74) is -0.627. The predicted molar refractivity (Wildman–Crippen MR) is 114 cm³/mol. The Morgan fingerprint density at radius 1 is 1.12 bits per heavy atom. The van der Waals surface area contributed by atoms with E-state index in [0.717, 1.165) is 30.5 Å². The summed E-state index contributed by atoms with van der Waals surface area (Å²) in [6.07, 6.45) is -3.80. The first-order chi connectivity index (χ1) is 16.0. The fourth-order valence-electron chi connectivity index (χ4n) is 2.75. The molecule has 34 heavy (non-hydrogen) atoms. The summed E-state index contributed by atoms with van der Waals surface area (Å²) in [6.45, 7) is 1.68. The van der Waals surface area contributed by atoms with Gasteiger partial charge in [0.1, 0.15) is 16.4 Å². The Morgan fingerprint density at radius 3 is 2.56 bits per heavy atom. The molecule has 0 saturated carbocycles. The van der Waals surface area contributed by atoms with Crippen molar-refractivity contribution in [3.8, 4) is 11.5 Å². The van der Waals surface area contributed by atoms with Crippen LogP contribution >= 0.6 is 0 Å². The number of aromatic nitrogens is 2. The lowest BCUT2D eigenvalue weighted by atomic mass is 10.2. The number of amides is 1. The average molecular weight is 498 g/mol. The number of anilines is 2. The zero-order chi connectivity index (χ0) is 24.9. The molecule has 1 aromatic heterocycles. The van der Waals surface area contributed by atoms with Gasteiger partial charge in [-0.1, -0.05) is 6.07 Å². The van der Waals surface area contributed by atoms with Gasteiger partial charge < -0.3 is 14.8 Å². The Balaban J connectivity index is 1.86. The molecule has 14 heteroatoms. The van der Waals surface area contributed by atoms with Crippen LogP contribution in [0.2, 0.25) is 0 Å². The predicted octanol–water partition coefficient (Wildman–Crippen LogP) is 3.12. The van der Waals surface area contributed by atoms with Crippen LogP contribution in [0.1, 0.15) is 17.3 Å². The van der Waals surface area contributed by atoms with Crippen LogP contribution in [0, 0.1) is 0 Å². The van der Waals surface area contributed by atoms with E-state index in [0.29, 0.717) is 0 Å². The van der Waals surface area contributed by atoms with E-state index in [1.807, 2.05) is 0 Å². The van der Waals surface area contributed by atoms with E-state index in [1.54, 1.807) is 6.92 Å². The highest BCUT2D eigenvalue weighted by atomic mass is 32.2. The maximum Gasteiger partial charge on any atom is 0.573 e. The molecule has 0 radical (unpaired) electrons. The van der Waals surface area contributed by atoms with Crippen LogP contribution in [0.3, 0.4) is 0 Å². The molecule has 180 valence electrons. The number of halogens is 3. The zero-order valence-corrected chi connectivity index (χ0v) is 18.2. The molecule has 1 amide bonds. The first kappa shape index (κ1) is 24.6. The lowest BCUT2D eigenvalue weighted by Gasteiger charge is -2.15. The molecular formula is C20H17F3N4O6S. The fourth-order valence-corrected chi connectivity index (χ4v) is 3.92. The van der Waals surface area contributed by atoms with Crippen molar-refractivity contribution < 1.29 is 35.9 Å². The number of H-pyrrole nitrogens is 1. The monoisotopic (exact) mass is 498 g/mol. The summed E-state index contributed by atoms with van der Waals surface area (Å²) in [7, 11) is -4.31. The number of hydrogen-bond acceptors (Lipinski definition) is 7. The van der Waals surface area contributed by atoms with Crippen LogP contribution in [0.15, 0.2) is 64.4 Å². The van der Waals surface area contributed by atoms with Crippen molar-refractivity contribution >= 4 is 27.3 Å². The van der Waals surface area contributed by atoms with Crippen molar-refractivity contribution in [2.75, 3.05) is 16.6 Å². The molecule has 10 nitrogen and oxygen atoms in total. The number of benzene rings is 2. The normalized spacial score (nSPS) is 11.5. The maximum atomic E-state index is 12.9. The van der Waals surface area contributed by atoms with Crippen molar-refractivity contribution in [2.24, 2.45) is 0 Å². The van der Waals surface area contributed by atoms with E-state index < -0.39 is 33.6 Å². The quantitative estimate of drug-likeness (QED) is 0.434. The van der Waals surface area contributed by atoms with Crippen molar-refractivity contribution in [1.82, 2.24) is 10.2 Å². The summed E-state index contributed by atoms with van der Waals surface area (Å²) in [4.78, 5) is 23.3. The van der Waals surface area contributed by atoms with Crippen molar-refractivity contribution in [3.05, 3.63) is 70.6 Å². The van der Waals surface area contributed by atoms with E-state index >= 15 is 0 Å². The van der Waals surface area contributed by atoms with E-state index in [1.165, 1.54) is 24.3 Å². The number of carbonyl (C=O) groups is 1. The van der Waals surface area contributed by atoms with Crippen LogP contribution in [-0.4, -0.2) is 37.5 Å². The third-order valence-corrected chi connectivity index (χ3v) is 5.46. The fraction of sp³-hybridized carbons (Fsp3) is 0.150. The molecule has 2 aromatic carbocycles. The third-order valence-electron chi connectivity index (χ3n) is 4.04. The lowest BCUT2D eigenvalue weighted by molar-refractivity contribution is -0.274. The summed E-state index contributed by atoms with van der Waals surface area (Å²) < 4.78 is 74.5. The van der Waals surface area contributed by atoms with Gasteiger partial charge in [-0.25, -0.2) is 13.5 Å². The van der Waals surface area contributed by atoms with Gasteiger partial charge in [0.05, 0.1) is 24.1 Å². The first-order valence-electron chi connectivity index (χ1n) is 9.48. The molecule has 0 atom stereocenters. The average Bonchev–Trinajstić information content (AvgIpc) is 2.72. The van der Waals surface area contributed by atoms with Gasteiger partial charge >= 0.3 is 6.36 Å². The number of carbonyl (C=O) groups excluding carboxylic acids is 1. The lowest BCUT2D eigenvalue weighted by Crippen LogP contribution is -2.18. The summed E-state index contributed by atoms with van der Waals surface area (Å²) >= 11 is 0. The summed E-state index contributed by atoms with van der Waals surface area (Å²) in [6, 6.07) is 9.02. The zero-order valence-electron chi connectivity index (χ0n) is 17.3. The second-order valence-corrected chi connectivity index (χ2v) is 8.21. The molecule has 0 unspecified atom stereocenters. The standard InChI is InChI=1S/C20H17F3N4O6S/c1-2-32-16-10-13(25-19(29)12-8-18(28)26-24-11-12)6-7-17(16)34(30,31)27-14-4-3-5-15(9-14)33-20(21,22)23/h3-11,27H,2H2,1H3,(H,25,29)(H,26,28). The van der Waals surface area contributed by atoms with Gasteiger partial charge in [0.15, 0.2) is 0 Å². The van der Waals surface area contributed by atoms with Crippen LogP contribution in [0.4, 0.5) is 24.5 Å². The molecule has 3 aromatic rings. The van der Waals surface area contributed by atoms with Gasteiger partial charge in [0.2, 0.25) is 0 Å². The van der Waals surface area contributed by atoms with Crippen LogP contribution in [0.25, 0.3) is 0 Å². The molecule has 0 aliphatic carbocycles. The van der Waals surface area contributed by atoms with Gasteiger partial charge in [0.25, 0.3) is 21.5 Å². The summed E-state index contributed by atoms with van der Waals surface area (Å²) in [5.74, 6) is -1.40. The molecule has 0 fully saturated rings. The number of sulfonamides is 1. The third kappa shape index (κ3) is 6.48. The summed E-state index contributed by atoms with van der Waals surface area (Å²) in [5, 5.41) is 8.15. The van der Waals surface area contributed by atoms with E-state index in [2.05, 4.69) is 25.0 Å². The second kappa shape index (κ2) is 9.82. The highest BCUT2D eigenvalue weighted by Crippen LogP contribution is 2.31. The van der Waals surface area contributed by atoms with Crippen LogP contribution < -0.4 is 25.1 Å². The van der Waals surface area contributed by atoms with E-state index in [9.17, 15) is 31.2 Å². The Kier molecular flexibility index (Phi) is 7.10. The molecule has 0 saturated heterocycles. The maximum absolute atomic E-state index is 12.9. The highest BCUT2D eigenvalue weighted by Gasteiger charge is 2.31. The number of rotatable bonds is 8. The number of nitrogens with zero attached hydrogens (tertiary/aromatic N) is 1. The van der Waals surface area contributed by atoms with Crippen molar-refractivity contribution in [2.45, 2.75) is 18.2 Å². The number of nitrogens with one attached hydrogen (secondary N) is 3. The molecule has 0 spiro atoms.